The molecule has 0 aliphatic carbocycles. The molecule has 1 aromatic carbocycles. The minimum absolute atomic E-state index is 0.0358. The topological polar surface area (TPSA) is 18.5 Å². The van der Waals surface area contributed by atoms with E-state index in [2.05, 4.69) is 79.7 Å². The van der Waals surface area contributed by atoms with E-state index in [4.69, 9.17) is 9.47 Å². The molecular formula is C47H84O2. The summed E-state index contributed by atoms with van der Waals surface area (Å²) < 4.78 is 13.2. The van der Waals surface area contributed by atoms with Gasteiger partial charge in [-0.15, -0.1) is 0 Å². The summed E-state index contributed by atoms with van der Waals surface area (Å²) in [7, 11) is 0. The quantitative estimate of drug-likeness (QED) is 0.0595. The van der Waals surface area contributed by atoms with Crippen LogP contribution in [0.4, 0.5) is 0 Å². The van der Waals surface area contributed by atoms with Gasteiger partial charge in [0.1, 0.15) is 17.1 Å². The van der Waals surface area contributed by atoms with E-state index in [9.17, 15) is 0 Å². The third-order valence-corrected chi connectivity index (χ3v) is 11.3. The van der Waals surface area contributed by atoms with Crippen molar-refractivity contribution in [1.29, 1.82) is 0 Å². The Bertz CT molecular complexity index is 979. The molecule has 0 N–H and O–H groups in total. The van der Waals surface area contributed by atoms with Crippen molar-refractivity contribution in [1.82, 2.24) is 0 Å². The van der Waals surface area contributed by atoms with Crippen LogP contribution in [0.2, 0.25) is 0 Å². The summed E-state index contributed by atoms with van der Waals surface area (Å²) in [5.74, 6) is 4.76. The molecule has 4 atom stereocenters. The second-order valence-corrected chi connectivity index (χ2v) is 17.3. The molecule has 0 spiro atoms. The van der Waals surface area contributed by atoms with Crippen molar-refractivity contribution < 1.29 is 9.47 Å². The van der Waals surface area contributed by atoms with Gasteiger partial charge in [-0.05, 0) is 126 Å². The van der Waals surface area contributed by atoms with Crippen molar-refractivity contribution in [3.63, 3.8) is 0 Å². The number of fused-ring (bicyclic) bond motifs is 1. The summed E-state index contributed by atoms with van der Waals surface area (Å²) >= 11 is 0. The van der Waals surface area contributed by atoms with E-state index in [1.165, 1.54) is 152 Å². The fourth-order valence-electron chi connectivity index (χ4n) is 7.85. The van der Waals surface area contributed by atoms with Crippen LogP contribution in [0.5, 0.6) is 11.5 Å². The van der Waals surface area contributed by atoms with Crippen molar-refractivity contribution in [2.45, 2.75) is 234 Å². The molecule has 1 aliphatic heterocycles. The minimum atomic E-state index is -0.0358. The first-order valence-corrected chi connectivity index (χ1v) is 21.8. The van der Waals surface area contributed by atoms with E-state index in [1.807, 2.05) is 0 Å². The van der Waals surface area contributed by atoms with Gasteiger partial charge in [0.25, 0.3) is 0 Å². The molecule has 1 aromatic rings. The Hall–Kier alpha value is -1.44. The molecule has 1 aliphatic rings. The number of hydrogen-bond acceptors (Lipinski definition) is 2. The van der Waals surface area contributed by atoms with E-state index in [0.29, 0.717) is 0 Å². The van der Waals surface area contributed by atoms with Gasteiger partial charge in [-0.25, -0.2) is 0 Å². The first-order valence-electron chi connectivity index (χ1n) is 21.8. The standard InChI is InChI=1S/C47H84O2/c1-9-10-11-12-13-14-15-16-17-18-19-20-21-22-23-33-43(7)48-45-37-42(6)46-44(38-45)34-36-47(8,49-46)35-25-24-29-40(4)31-27-32-41(5)30-26-28-39(2)3/h16-17,37-41,43H,9-15,18-36H2,1-8H3/b17-16-. The lowest BCUT2D eigenvalue weighted by Gasteiger charge is -2.37. The molecule has 0 radical (unpaired) electrons. The van der Waals surface area contributed by atoms with E-state index >= 15 is 0 Å². The molecule has 0 saturated carbocycles. The molecule has 0 saturated heterocycles. The van der Waals surface area contributed by atoms with Gasteiger partial charge in [0.15, 0.2) is 0 Å². The number of aryl methyl sites for hydroxylation is 2. The summed E-state index contributed by atoms with van der Waals surface area (Å²) in [4.78, 5) is 0. The van der Waals surface area contributed by atoms with E-state index in [1.54, 1.807) is 0 Å². The fraction of sp³-hybridized carbons (Fsp3) is 0.830. The van der Waals surface area contributed by atoms with Gasteiger partial charge in [-0.3, -0.25) is 0 Å². The summed E-state index contributed by atoms with van der Waals surface area (Å²) in [6.07, 6.45) is 39.6. The van der Waals surface area contributed by atoms with Crippen molar-refractivity contribution in [2.24, 2.45) is 17.8 Å². The Morgan fingerprint density at radius 1 is 0.673 bits per heavy atom. The summed E-state index contributed by atoms with van der Waals surface area (Å²) in [5.41, 5.74) is 2.54. The molecule has 4 unspecified atom stereocenters. The van der Waals surface area contributed by atoms with Crippen LogP contribution in [0, 0.1) is 24.7 Å². The number of rotatable bonds is 30. The van der Waals surface area contributed by atoms with Crippen LogP contribution in [-0.4, -0.2) is 11.7 Å². The number of allylic oxidation sites excluding steroid dienone is 2. The summed E-state index contributed by atoms with van der Waals surface area (Å²) in [6.45, 7) is 18.7. The predicted octanol–water partition coefficient (Wildman–Crippen LogP) is 15.7. The largest absolute Gasteiger partial charge is 0.491 e. The zero-order chi connectivity index (χ0) is 35.7. The van der Waals surface area contributed by atoms with Crippen LogP contribution in [0.1, 0.15) is 220 Å². The number of unbranched alkanes of at least 4 members (excludes halogenated alkanes) is 12. The Balaban J connectivity index is 1.57. The first-order chi connectivity index (χ1) is 23.6. The molecule has 2 nitrogen and oxygen atoms in total. The van der Waals surface area contributed by atoms with Crippen LogP contribution in [0.3, 0.4) is 0 Å². The monoisotopic (exact) mass is 681 g/mol. The van der Waals surface area contributed by atoms with Gasteiger partial charge in [-0.1, -0.05) is 150 Å². The summed E-state index contributed by atoms with van der Waals surface area (Å²) in [5, 5.41) is 0. The maximum Gasteiger partial charge on any atom is 0.126 e. The Kier molecular flexibility index (Phi) is 23.5. The lowest BCUT2D eigenvalue weighted by Crippen LogP contribution is -2.36. The molecule has 0 fully saturated rings. The smallest absolute Gasteiger partial charge is 0.126 e. The SMILES string of the molecule is CCCCCCCC/C=C\CCCCCCCC(C)Oc1cc(C)c2c(c1)CCC(C)(CCCCC(C)CCCC(C)CCCC(C)C)O2. The predicted molar refractivity (Wildman–Crippen MR) is 217 cm³/mol. The van der Waals surface area contributed by atoms with E-state index in [0.717, 1.165) is 54.9 Å². The summed E-state index contributed by atoms with van der Waals surface area (Å²) in [6, 6.07) is 4.49. The molecule has 49 heavy (non-hydrogen) atoms. The number of hydrogen-bond donors (Lipinski definition) is 0. The zero-order valence-corrected chi connectivity index (χ0v) is 34.3. The third kappa shape index (κ3) is 20.9. The molecule has 0 bridgehead atoms. The van der Waals surface area contributed by atoms with Crippen LogP contribution in [-0.2, 0) is 6.42 Å². The van der Waals surface area contributed by atoms with E-state index < -0.39 is 0 Å². The number of ether oxygens (including phenoxy) is 2. The Labute approximate surface area is 307 Å². The molecule has 0 amide bonds. The van der Waals surface area contributed by atoms with Crippen LogP contribution >= 0.6 is 0 Å². The van der Waals surface area contributed by atoms with Gasteiger partial charge in [0.05, 0.1) is 6.10 Å². The molecule has 2 rings (SSSR count). The lowest BCUT2D eigenvalue weighted by molar-refractivity contribution is 0.0520. The highest BCUT2D eigenvalue weighted by atomic mass is 16.5. The normalized spacial score (nSPS) is 18.1. The highest BCUT2D eigenvalue weighted by Crippen LogP contribution is 2.40. The molecular weight excluding hydrogens is 597 g/mol. The Morgan fingerprint density at radius 3 is 1.86 bits per heavy atom. The van der Waals surface area contributed by atoms with Gasteiger partial charge < -0.3 is 9.47 Å². The highest BCUT2D eigenvalue weighted by Gasteiger charge is 2.32. The molecule has 2 heteroatoms. The fourth-order valence-corrected chi connectivity index (χ4v) is 7.85. The number of benzene rings is 1. The van der Waals surface area contributed by atoms with Gasteiger partial charge in [0, 0.05) is 0 Å². The van der Waals surface area contributed by atoms with Crippen LogP contribution in [0.15, 0.2) is 24.3 Å². The first kappa shape index (κ1) is 43.7. The second-order valence-electron chi connectivity index (χ2n) is 17.3. The average molecular weight is 681 g/mol. The minimum Gasteiger partial charge on any atom is -0.491 e. The molecule has 1 heterocycles. The van der Waals surface area contributed by atoms with Gasteiger partial charge in [0.2, 0.25) is 0 Å². The van der Waals surface area contributed by atoms with Crippen LogP contribution in [0.25, 0.3) is 0 Å². The highest BCUT2D eigenvalue weighted by molar-refractivity contribution is 5.48. The van der Waals surface area contributed by atoms with Crippen molar-refractivity contribution in [2.75, 3.05) is 0 Å². The maximum absolute atomic E-state index is 6.76. The van der Waals surface area contributed by atoms with E-state index in [-0.39, 0.29) is 11.7 Å². The van der Waals surface area contributed by atoms with Crippen molar-refractivity contribution in [3.05, 3.63) is 35.4 Å². The average Bonchev–Trinajstić information content (AvgIpc) is 3.05. The third-order valence-electron chi connectivity index (χ3n) is 11.3. The Morgan fingerprint density at radius 2 is 1.22 bits per heavy atom. The van der Waals surface area contributed by atoms with Gasteiger partial charge in [-0.2, -0.15) is 0 Å². The maximum atomic E-state index is 6.76. The zero-order valence-electron chi connectivity index (χ0n) is 34.3. The molecule has 0 aromatic heterocycles. The van der Waals surface area contributed by atoms with Crippen molar-refractivity contribution in [3.8, 4) is 11.5 Å². The second kappa shape index (κ2) is 26.4. The van der Waals surface area contributed by atoms with Gasteiger partial charge >= 0.3 is 0 Å². The molecule has 284 valence electrons. The lowest BCUT2D eigenvalue weighted by atomic mass is 9.86. The van der Waals surface area contributed by atoms with Crippen LogP contribution < -0.4 is 9.47 Å². The van der Waals surface area contributed by atoms with Crippen molar-refractivity contribution >= 4 is 0 Å².